The lowest BCUT2D eigenvalue weighted by Crippen LogP contribution is -2.12. The summed E-state index contributed by atoms with van der Waals surface area (Å²) in [5.74, 6) is 0.369. The molecular weight excluding hydrogens is 493 g/mol. The Morgan fingerprint density at radius 3 is 2.70 bits per heavy atom. The Balaban J connectivity index is 1.38. The molecular formula is C20H14BrCl2N5O2. The van der Waals surface area contributed by atoms with Crippen LogP contribution < -0.4 is 10.1 Å². The molecule has 0 atom stereocenters. The first-order chi connectivity index (χ1) is 14.5. The Morgan fingerprint density at radius 1 is 1.13 bits per heavy atom. The van der Waals surface area contributed by atoms with Crippen LogP contribution in [0.15, 0.2) is 65.4 Å². The number of carbonyl (C=O) groups is 1. The summed E-state index contributed by atoms with van der Waals surface area (Å²) in [4.78, 5) is 12.5. The number of hydrogen-bond donors (Lipinski definition) is 2. The number of benzene rings is 2. The average Bonchev–Trinajstić information content (AvgIpc) is 3.39. The zero-order chi connectivity index (χ0) is 21.1. The van der Waals surface area contributed by atoms with E-state index in [2.05, 4.69) is 36.5 Å². The summed E-state index contributed by atoms with van der Waals surface area (Å²) in [6.07, 6.45) is 3.21. The predicted octanol–water partition coefficient (Wildman–Crippen LogP) is 5.63. The van der Waals surface area contributed by atoms with Gasteiger partial charge in [0.05, 0.1) is 33.8 Å². The maximum absolute atomic E-state index is 12.5. The van der Waals surface area contributed by atoms with Crippen LogP contribution in [0.1, 0.15) is 10.5 Å². The van der Waals surface area contributed by atoms with Crippen LogP contribution in [0.25, 0.3) is 11.3 Å². The maximum Gasteiger partial charge on any atom is 0.273 e. The molecule has 0 aliphatic heterocycles. The minimum absolute atomic E-state index is 0.211. The van der Waals surface area contributed by atoms with Crippen LogP contribution in [0, 0.1) is 0 Å². The highest BCUT2D eigenvalue weighted by molar-refractivity contribution is 9.10. The van der Waals surface area contributed by atoms with Crippen molar-refractivity contribution in [3.63, 3.8) is 0 Å². The molecule has 0 aliphatic rings. The van der Waals surface area contributed by atoms with Gasteiger partial charge in [-0.25, -0.2) is 4.68 Å². The molecule has 30 heavy (non-hydrogen) atoms. The van der Waals surface area contributed by atoms with Crippen molar-refractivity contribution in [2.24, 2.45) is 0 Å². The van der Waals surface area contributed by atoms with Crippen molar-refractivity contribution in [3.05, 3.63) is 81.1 Å². The van der Waals surface area contributed by atoms with E-state index >= 15 is 0 Å². The third-order valence-corrected chi connectivity index (χ3v) is 5.37. The number of ether oxygens (including phenoxy) is 1. The van der Waals surface area contributed by atoms with Gasteiger partial charge in [-0.2, -0.15) is 10.2 Å². The number of anilines is 1. The summed E-state index contributed by atoms with van der Waals surface area (Å²) in [7, 11) is 0. The van der Waals surface area contributed by atoms with Crippen molar-refractivity contribution >= 4 is 50.7 Å². The lowest BCUT2D eigenvalue weighted by atomic mass is 10.1. The number of H-pyrrole nitrogens is 1. The number of nitrogens with one attached hydrogen (secondary N) is 2. The average molecular weight is 507 g/mol. The molecule has 2 aromatic heterocycles. The van der Waals surface area contributed by atoms with Gasteiger partial charge in [-0.3, -0.25) is 9.89 Å². The Bertz CT molecular complexity index is 1190. The monoisotopic (exact) mass is 505 g/mol. The molecule has 2 aromatic carbocycles. The largest absolute Gasteiger partial charge is 0.471 e. The first kappa shape index (κ1) is 20.5. The molecule has 4 rings (SSSR count). The molecule has 0 aliphatic carbocycles. The number of halogens is 3. The van der Waals surface area contributed by atoms with Gasteiger partial charge in [0.1, 0.15) is 11.4 Å². The highest BCUT2D eigenvalue weighted by Crippen LogP contribution is 2.28. The molecule has 152 valence electrons. The first-order valence-corrected chi connectivity index (χ1v) is 10.3. The topological polar surface area (TPSA) is 84.8 Å². The van der Waals surface area contributed by atoms with Crippen molar-refractivity contribution in [1.82, 2.24) is 20.0 Å². The van der Waals surface area contributed by atoms with Gasteiger partial charge < -0.3 is 10.1 Å². The standard InChI is InChI=1S/C20H14BrCl2N5O2/c21-13-2-4-15(5-3-13)30-11-28-10-14(9-24-28)25-20(29)19-8-18(26-27-19)12-1-6-16(22)17(23)7-12/h1-10H,11H2,(H,25,29)(H,26,27). The van der Waals surface area contributed by atoms with Crippen LogP contribution >= 0.6 is 39.1 Å². The summed E-state index contributed by atoms with van der Waals surface area (Å²) < 4.78 is 8.20. The van der Waals surface area contributed by atoms with E-state index in [4.69, 9.17) is 27.9 Å². The number of amides is 1. The predicted molar refractivity (Wildman–Crippen MR) is 119 cm³/mol. The molecule has 0 bridgehead atoms. The van der Waals surface area contributed by atoms with Crippen molar-refractivity contribution in [3.8, 4) is 17.0 Å². The molecule has 10 heteroatoms. The van der Waals surface area contributed by atoms with Gasteiger partial charge in [-0.1, -0.05) is 45.2 Å². The molecule has 0 radical (unpaired) electrons. The number of aromatic nitrogens is 4. The molecule has 2 N–H and O–H groups in total. The minimum Gasteiger partial charge on any atom is -0.471 e. The smallest absolute Gasteiger partial charge is 0.273 e. The third kappa shape index (κ3) is 4.84. The van der Waals surface area contributed by atoms with Crippen molar-refractivity contribution in [2.45, 2.75) is 6.73 Å². The van der Waals surface area contributed by atoms with Gasteiger partial charge in [0.15, 0.2) is 6.73 Å². The van der Waals surface area contributed by atoms with Gasteiger partial charge in [-0.05, 0) is 42.5 Å². The number of rotatable bonds is 6. The Kier molecular flexibility index (Phi) is 6.08. The molecule has 0 spiro atoms. The summed E-state index contributed by atoms with van der Waals surface area (Å²) in [5, 5.41) is 14.7. The fourth-order valence-corrected chi connectivity index (χ4v) is 3.17. The molecule has 2 heterocycles. The second-order valence-corrected chi connectivity index (χ2v) is 7.98. The lowest BCUT2D eigenvalue weighted by Gasteiger charge is -2.05. The number of hydrogen-bond acceptors (Lipinski definition) is 4. The summed E-state index contributed by atoms with van der Waals surface area (Å²) >= 11 is 15.4. The Labute approximate surface area is 190 Å². The number of nitrogens with zero attached hydrogens (tertiary/aromatic N) is 3. The van der Waals surface area contributed by atoms with Crippen molar-refractivity contribution in [2.75, 3.05) is 5.32 Å². The SMILES string of the molecule is O=C(Nc1cnn(COc2ccc(Br)cc2)c1)c1cc(-c2ccc(Cl)c(Cl)c2)n[nH]1. The van der Waals surface area contributed by atoms with E-state index in [0.717, 1.165) is 10.0 Å². The van der Waals surface area contributed by atoms with E-state index < -0.39 is 0 Å². The maximum atomic E-state index is 12.5. The molecule has 4 aromatic rings. The van der Waals surface area contributed by atoms with Crippen LogP contribution in [0.3, 0.4) is 0 Å². The Morgan fingerprint density at radius 2 is 1.93 bits per heavy atom. The zero-order valence-electron chi connectivity index (χ0n) is 15.3. The van der Waals surface area contributed by atoms with Gasteiger partial charge in [0, 0.05) is 10.0 Å². The molecule has 0 fully saturated rings. The summed E-state index contributed by atoms with van der Waals surface area (Å²) in [6.45, 7) is 0.211. The fraction of sp³-hybridized carbons (Fsp3) is 0.0500. The van der Waals surface area contributed by atoms with Gasteiger partial charge in [0.2, 0.25) is 0 Å². The van der Waals surface area contributed by atoms with Crippen LogP contribution in [0.4, 0.5) is 5.69 Å². The molecule has 0 saturated carbocycles. The van der Waals surface area contributed by atoms with Crippen molar-refractivity contribution < 1.29 is 9.53 Å². The quantitative estimate of drug-likeness (QED) is 0.355. The van der Waals surface area contributed by atoms with Gasteiger partial charge >= 0.3 is 0 Å². The molecule has 0 unspecified atom stereocenters. The zero-order valence-corrected chi connectivity index (χ0v) is 18.4. The summed E-state index contributed by atoms with van der Waals surface area (Å²) in [6, 6.07) is 14.3. The normalized spacial score (nSPS) is 10.8. The van der Waals surface area contributed by atoms with E-state index in [1.807, 2.05) is 24.3 Å². The second-order valence-electron chi connectivity index (χ2n) is 6.25. The van der Waals surface area contributed by atoms with Gasteiger partial charge in [-0.15, -0.1) is 0 Å². The molecule has 7 nitrogen and oxygen atoms in total. The van der Waals surface area contributed by atoms with Crippen LogP contribution in [0.5, 0.6) is 5.75 Å². The van der Waals surface area contributed by atoms with Gasteiger partial charge in [0.25, 0.3) is 5.91 Å². The highest BCUT2D eigenvalue weighted by Gasteiger charge is 2.13. The lowest BCUT2D eigenvalue weighted by molar-refractivity contribution is 0.102. The molecule has 0 saturated heterocycles. The van der Waals surface area contributed by atoms with E-state index in [9.17, 15) is 4.79 Å². The first-order valence-electron chi connectivity index (χ1n) is 8.71. The van der Waals surface area contributed by atoms with Crippen LogP contribution in [-0.4, -0.2) is 25.9 Å². The van der Waals surface area contributed by atoms with E-state index in [0.29, 0.717) is 32.9 Å². The van der Waals surface area contributed by atoms with Crippen LogP contribution in [-0.2, 0) is 6.73 Å². The highest BCUT2D eigenvalue weighted by atomic mass is 79.9. The van der Waals surface area contributed by atoms with E-state index in [1.165, 1.54) is 0 Å². The number of aromatic amines is 1. The second kappa shape index (κ2) is 8.91. The minimum atomic E-state index is -0.345. The molecule has 1 amide bonds. The number of carbonyl (C=O) groups excluding carboxylic acids is 1. The van der Waals surface area contributed by atoms with Crippen molar-refractivity contribution in [1.29, 1.82) is 0 Å². The van der Waals surface area contributed by atoms with E-state index in [-0.39, 0.29) is 12.6 Å². The summed E-state index contributed by atoms with van der Waals surface area (Å²) in [5.41, 5.74) is 2.16. The van der Waals surface area contributed by atoms with Crippen LogP contribution in [0.2, 0.25) is 10.0 Å². The Hall–Kier alpha value is -2.81. The van der Waals surface area contributed by atoms with E-state index in [1.54, 1.807) is 41.3 Å². The fourth-order valence-electron chi connectivity index (χ4n) is 2.61. The third-order valence-electron chi connectivity index (χ3n) is 4.11.